The van der Waals surface area contributed by atoms with Crippen molar-refractivity contribution in [3.05, 3.63) is 57.3 Å². The lowest BCUT2D eigenvalue weighted by molar-refractivity contribution is -0.141. The van der Waals surface area contributed by atoms with Gasteiger partial charge in [-0.05, 0) is 48.7 Å². The van der Waals surface area contributed by atoms with Gasteiger partial charge in [0.2, 0.25) is 0 Å². The largest absolute Gasteiger partial charge is 0.468 e. The SMILES string of the molecule is COC(=O)Cn1c(=NC(=O)c2ccc(SC)cc2)sc2cc(Br)ccc21. The number of carbonyl (C=O) groups excluding carboxylic acids is 2. The van der Waals surface area contributed by atoms with E-state index in [1.807, 2.05) is 36.6 Å². The van der Waals surface area contributed by atoms with Crippen molar-refractivity contribution in [2.75, 3.05) is 13.4 Å². The van der Waals surface area contributed by atoms with Crippen LogP contribution >= 0.6 is 39.0 Å². The number of benzene rings is 2. The fourth-order valence-electron chi connectivity index (χ4n) is 2.36. The molecule has 8 heteroatoms. The Morgan fingerprint density at radius 3 is 2.62 bits per heavy atom. The van der Waals surface area contributed by atoms with Gasteiger partial charge in [-0.1, -0.05) is 27.3 Å². The predicted octanol–water partition coefficient (Wildman–Crippen LogP) is 4.10. The summed E-state index contributed by atoms with van der Waals surface area (Å²) in [7, 11) is 1.34. The molecule has 1 amide bonds. The molecule has 134 valence electrons. The van der Waals surface area contributed by atoms with Gasteiger partial charge in [0.15, 0.2) is 4.80 Å². The number of hydrogen-bond acceptors (Lipinski definition) is 5. The number of carbonyl (C=O) groups is 2. The maximum absolute atomic E-state index is 12.6. The van der Waals surface area contributed by atoms with Crippen LogP contribution in [-0.4, -0.2) is 29.8 Å². The topological polar surface area (TPSA) is 60.7 Å². The van der Waals surface area contributed by atoms with Crippen molar-refractivity contribution in [1.29, 1.82) is 0 Å². The highest BCUT2D eigenvalue weighted by molar-refractivity contribution is 9.10. The lowest BCUT2D eigenvalue weighted by atomic mass is 10.2. The van der Waals surface area contributed by atoms with Gasteiger partial charge in [0.1, 0.15) is 6.54 Å². The summed E-state index contributed by atoms with van der Waals surface area (Å²) in [5.74, 6) is -0.743. The lowest BCUT2D eigenvalue weighted by Gasteiger charge is -2.03. The molecule has 1 heterocycles. The van der Waals surface area contributed by atoms with Crippen LogP contribution in [0, 0.1) is 0 Å². The zero-order chi connectivity index (χ0) is 18.7. The minimum Gasteiger partial charge on any atom is -0.468 e. The van der Waals surface area contributed by atoms with Crippen molar-refractivity contribution in [1.82, 2.24) is 4.57 Å². The third-order valence-electron chi connectivity index (χ3n) is 3.69. The first-order valence-electron chi connectivity index (χ1n) is 7.60. The predicted molar refractivity (Wildman–Crippen MR) is 108 cm³/mol. The summed E-state index contributed by atoms with van der Waals surface area (Å²) in [5, 5.41) is 0. The second-order valence-corrected chi connectivity index (χ2v) is 8.11. The third-order valence-corrected chi connectivity index (χ3v) is 5.97. The number of nitrogens with zero attached hydrogens (tertiary/aromatic N) is 2. The van der Waals surface area contributed by atoms with Crippen LogP contribution in [0.3, 0.4) is 0 Å². The first-order valence-corrected chi connectivity index (χ1v) is 10.4. The van der Waals surface area contributed by atoms with Crippen molar-refractivity contribution < 1.29 is 14.3 Å². The number of thiazole rings is 1. The van der Waals surface area contributed by atoms with Gasteiger partial charge in [-0.3, -0.25) is 9.59 Å². The quantitative estimate of drug-likeness (QED) is 0.443. The van der Waals surface area contributed by atoms with Crippen molar-refractivity contribution in [2.24, 2.45) is 4.99 Å². The van der Waals surface area contributed by atoms with Crippen LogP contribution in [0.1, 0.15) is 10.4 Å². The number of halogens is 1. The molecule has 0 saturated carbocycles. The monoisotopic (exact) mass is 450 g/mol. The van der Waals surface area contributed by atoms with E-state index in [-0.39, 0.29) is 12.5 Å². The molecule has 0 aliphatic heterocycles. The van der Waals surface area contributed by atoms with E-state index < -0.39 is 5.97 Å². The summed E-state index contributed by atoms with van der Waals surface area (Å²) in [6.45, 7) is -0.00431. The van der Waals surface area contributed by atoms with Crippen molar-refractivity contribution >= 4 is 61.1 Å². The fraction of sp³-hybridized carbons (Fsp3) is 0.167. The number of rotatable bonds is 4. The lowest BCUT2D eigenvalue weighted by Crippen LogP contribution is -2.22. The number of fused-ring (bicyclic) bond motifs is 1. The molecule has 0 aliphatic rings. The number of methoxy groups -OCH3 is 1. The summed E-state index contributed by atoms with van der Waals surface area (Å²) >= 11 is 6.40. The molecule has 0 N–H and O–H groups in total. The molecule has 0 saturated heterocycles. The van der Waals surface area contributed by atoms with Crippen LogP contribution in [-0.2, 0) is 16.1 Å². The second kappa shape index (κ2) is 8.20. The smallest absolute Gasteiger partial charge is 0.325 e. The maximum atomic E-state index is 12.6. The van der Waals surface area contributed by atoms with E-state index in [9.17, 15) is 9.59 Å². The molecule has 2 aromatic carbocycles. The molecule has 3 rings (SSSR count). The van der Waals surface area contributed by atoms with Crippen molar-refractivity contribution in [2.45, 2.75) is 11.4 Å². The summed E-state index contributed by atoms with van der Waals surface area (Å²) in [5.41, 5.74) is 1.33. The molecular weight excluding hydrogens is 436 g/mol. The Morgan fingerprint density at radius 1 is 1.23 bits per heavy atom. The Balaban J connectivity index is 2.09. The van der Waals surface area contributed by atoms with Crippen LogP contribution in [0.25, 0.3) is 10.2 Å². The Morgan fingerprint density at radius 2 is 1.96 bits per heavy atom. The van der Waals surface area contributed by atoms with Gasteiger partial charge in [0.25, 0.3) is 5.91 Å². The molecule has 0 bridgehead atoms. The van der Waals surface area contributed by atoms with Gasteiger partial charge < -0.3 is 9.30 Å². The van der Waals surface area contributed by atoms with Crippen LogP contribution < -0.4 is 4.80 Å². The number of amides is 1. The van der Waals surface area contributed by atoms with E-state index >= 15 is 0 Å². The van der Waals surface area contributed by atoms with E-state index in [1.54, 1.807) is 28.5 Å². The molecule has 3 aromatic rings. The Kier molecular flexibility index (Phi) is 5.95. The van der Waals surface area contributed by atoms with E-state index in [1.165, 1.54) is 18.4 Å². The average molecular weight is 451 g/mol. The first-order chi connectivity index (χ1) is 12.5. The van der Waals surface area contributed by atoms with Gasteiger partial charge in [0.05, 0.1) is 17.3 Å². The number of aromatic nitrogens is 1. The molecule has 5 nitrogen and oxygen atoms in total. The Hall–Kier alpha value is -1.90. The van der Waals surface area contributed by atoms with E-state index in [2.05, 4.69) is 20.9 Å². The molecule has 0 unspecified atom stereocenters. The minimum atomic E-state index is -0.397. The second-order valence-electron chi connectivity index (χ2n) is 5.30. The van der Waals surface area contributed by atoms with E-state index in [0.29, 0.717) is 10.4 Å². The zero-order valence-corrected chi connectivity index (χ0v) is 17.3. The highest BCUT2D eigenvalue weighted by Crippen LogP contribution is 2.22. The summed E-state index contributed by atoms with van der Waals surface area (Å²) in [6.07, 6.45) is 1.98. The third kappa shape index (κ3) is 4.08. The molecule has 0 atom stereocenters. The van der Waals surface area contributed by atoms with Crippen LogP contribution in [0.15, 0.2) is 56.8 Å². The average Bonchev–Trinajstić information content (AvgIpc) is 2.97. The van der Waals surface area contributed by atoms with E-state index in [4.69, 9.17) is 4.74 Å². The summed E-state index contributed by atoms with van der Waals surface area (Å²) in [6, 6.07) is 13.0. The van der Waals surface area contributed by atoms with Crippen molar-refractivity contribution in [3.63, 3.8) is 0 Å². The van der Waals surface area contributed by atoms with Crippen LogP contribution in [0.5, 0.6) is 0 Å². The standard InChI is InChI=1S/C18H15BrN2O3S2/c1-24-16(22)10-21-14-8-5-12(19)9-15(14)26-18(21)20-17(23)11-3-6-13(25-2)7-4-11/h3-9H,10H2,1-2H3. The van der Waals surface area contributed by atoms with Crippen molar-refractivity contribution in [3.8, 4) is 0 Å². The van der Waals surface area contributed by atoms with Gasteiger partial charge in [-0.25, -0.2) is 0 Å². The number of ether oxygens (including phenoxy) is 1. The van der Waals surface area contributed by atoms with Crippen LogP contribution in [0.4, 0.5) is 0 Å². The molecular formula is C18H15BrN2O3S2. The number of thioether (sulfide) groups is 1. The molecule has 0 radical (unpaired) electrons. The summed E-state index contributed by atoms with van der Waals surface area (Å²) in [4.78, 5) is 30.1. The minimum absolute atomic E-state index is 0.00431. The molecule has 26 heavy (non-hydrogen) atoms. The van der Waals surface area contributed by atoms with E-state index in [0.717, 1.165) is 19.6 Å². The molecule has 0 aliphatic carbocycles. The Bertz CT molecular complexity index is 1040. The Labute approximate surface area is 166 Å². The van der Waals surface area contributed by atoms with Gasteiger partial charge in [-0.15, -0.1) is 11.8 Å². The molecule has 1 aromatic heterocycles. The normalized spacial score (nSPS) is 11.7. The van der Waals surface area contributed by atoms with Gasteiger partial charge in [0, 0.05) is 14.9 Å². The number of hydrogen-bond donors (Lipinski definition) is 0. The highest BCUT2D eigenvalue weighted by atomic mass is 79.9. The summed E-state index contributed by atoms with van der Waals surface area (Å²) < 4.78 is 8.32. The molecule has 0 spiro atoms. The first kappa shape index (κ1) is 18.9. The van der Waals surface area contributed by atoms with Crippen LogP contribution in [0.2, 0.25) is 0 Å². The fourth-order valence-corrected chi connectivity index (χ4v) is 4.35. The highest BCUT2D eigenvalue weighted by Gasteiger charge is 2.13. The molecule has 0 fully saturated rings. The van der Waals surface area contributed by atoms with Gasteiger partial charge >= 0.3 is 5.97 Å². The number of esters is 1. The zero-order valence-electron chi connectivity index (χ0n) is 14.1. The maximum Gasteiger partial charge on any atom is 0.325 e. The van der Waals surface area contributed by atoms with Gasteiger partial charge in [-0.2, -0.15) is 4.99 Å².